The zero-order valence-corrected chi connectivity index (χ0v) is 15.3. The Morgan fingerprint density at radius 2 is 1.96 bits per heavy atom. The van der Waals surface area contributed by atoms with Gasteiger partial charge < -0.3 is 29.9 Å². The lowest BCUT2D eigenvalue weighted by Gasteiger charge is -2.28. The van der Waals surface area contributed by atoms with Gasteiger partial charge >= 0.3 is 0 Å². The molecule has 2 aliphatic rings. The standard InChI is InChI=1S/C18H25ClN2O5/c19-13-3-1-2-12(8-13)10-20-11-15-18(24)17(23)14(26-15)9-16(22)21-4-6-25-7-5-21/h1-3,8,14-15,17-18,20,23-24H,4-7,9-11H2/t14-,15-,17-,18+/m0/s1. The van der Waals surface area contributed by atoms with Crippen molar-refractivity contribution in [1.82, 2.24) is 10.2 Å². The molecule has 8 heteroatoms. The maximum atomic E-state index is 12.3. The third kappa shape index (κ3) is 4.94. The summed E-state index contributed by atoms with van der Waals surface area (Å²) in [5, 5.41) is 24.3. The Labute approximate surface area is 157 Å². The number of amides is 1. The number of hydrogen-bond donors (Lipinski definition) is 3. The number of morpholine rings is 1. The van der Waals surface area contributed by atoms with Gasteiger partial charge in [-0.3, -0.25) is 4.79 Å². The maximum Gasteiger partial charge on any atom is 0.225 e. The topological polar surface area (TPSA) is 91.3 Å². The Morgan fingerprint density at radius 3 is 2.69 bits per heavy atom. The molecular weight excluding hydrogens is 360 g/mol. The molecule has 3 rings (SSSR count). The summed E-state index contributed by atoms with van der Waals surface area (Å²) in [7, 11) is 0. The van der Waals surface area contributed by atoms with Gasteiger partial charge in [-0.15, -0.1) is 0 Å². The Balaban J connectivity index is 1.46. The summed E-state index contributed by atoms with van der Waals surface area (Å²) in [5.41, 5.74) is 1.02. The van der Waals surface area contributed by atoms with Gasteiger partial charge in [0.25, 0.3) is 0 Å². The van der Waals surface area contributed by atoms with Crippen molar-refractivity contribution in [1.29, 1.82) is 0 Å². The molecule has 1 aromatic rings. The summed E-state index contributed by atoms with van der Waals surface area (Å²) in [4.78, 5) is 14.0. The van der Waals surface area contributed by atoms with Crippen LogP contribution in [0.4, 0.5) is 0 Å². The highest BCUT2D eigenvalue weighted by molar-refractivity contribution is 6.30. The molecule has 26 heavy (non-hydrogen) atoms. The Kier molecular flexibility index (Phi) is 6.86. The molecule has 0 saturated carbocycles. The van der Waals surface area contributed by atoms with Crippen LogP contribution in [0.5, 0.6) is 0 Å². The highest BCUT2D eigenvalue weighted by Crippen LogP contribution is 2.24. The molecule has 0 aliphatic carbocycles. The van der Waals surface area contributed by atoms with E-state index in [2.05, 4.69) is 5.32 Å². The predicted octanol–water partition coefficient (Wildman–Crippen LogP) is 0.168. The lowest BCUT2D eigenvalue weighted by molar-refractivity contribution is -0.139. The maximum absolute atomic E-state index is 12.3. The monoisotopic (exact) mass is 384 g/mol. The molecule has 0 spiro atoms. The summed E-state index contributed by atoms with van der Waals surface area (Å²) in [5.74, 6) is -0.0860. The molecule has 2 aliphatic heterocycles. The van der Waals surface area contributed by atoms with E-state index in [1.54, 1.807) is 11.0 Å². The number of benzene rings is 1. The van der Waals surface area contributed by atoms with E-state index in [1.807, 2.05) is 18.2 Å². The number of aliphatic hydroxyl groups excluding tert-OH is 2. The summed E-state index contributed by atoms with van der Waals surface area (Å²) in [6.45, 7) is 3.09. The minimum absolute atomic E-state index is 0.0586. The van der Waals surface area contributed by atoms with E-state index in [-0.39, 0.29) is 12.3 Å². The summed E-state index contributed by atoms with van der Waals surface area (Å²) in [6, 6.07) is 7.49. The lowest BCUT2D eigenvalue weighted by atomic mass is 10.0. The van der Waals surface area contributed by atoms with Gasteiger partial charge in [0.1, 0.15) is 12.2 Å². The van der Waals surface area contributed by atoms with Gasteiger partial charge in [-0.05, 0) is 17.7 Å². The second kappa shape index (κ2) is 9.12. The number of nitrogens with zero attached hydrogens (tertiary/aromatic N) is 1. The van der Waals surface area contributed by atoms with Crippen molar-refractivity contribution in [2.24, 2.45) is 0 Å². The van der Waals surface area contributed by atoms with E-state index >= 15 is 0 Å². The highest BCUT2D eigenvalue weighted by Gasteiger charge is 2.43. The number of carbonyl (C=O) groups is 1. The smallest absolute Gasteiger partial charge is 0.225 e. The molecule has 0 aromatic heterocycles. The molecule has 0 radical (unpaired) electrons. The van der Waals surface area contributed by atoms with Crippen LogP contribution in [0.25, 0.3) is 0 Å². The van der Waals surface area contributed by atoms with Crippen molar-refractivity contribution in [2.45, 2.75) is 37.4 Å². The van der Waals surface area contributed by atoms with Crippen LogP contribution < -0.4 is 5.32 Å². The second-order valence-corrected chi connectivity index (χ2v) is 7.09. The zero-order valence-electron chi connectivity index (χ0n) is 14.5. The number of halogens is 1. The van der Waals surface area contributed by atoms with Crippen molar-refractivity contribution in [3.8, 4) is 0 Å². The van der Waals surface area contributed by atoms with E-state index in [0.717, 1.165) is 5.56 Å². The number of carbonyl (C=O) groups excluding carboxylic acids is 1. The van der Waals surface area contributed by atoms with E-state index in [9.17, 15) is 15.0 Å². The lowest BCUT2D eigenvalue weighted by Crippen LogP contribution is -2.43. The van der Waals surface area contributed by atoms with Crippen LogP contribution in [0.15, 0.2) is 24.3 Å². The third-order valence-electron chi connectivity index (χ3n) is 4.76. The first kappa shape index (κ1) is 19.5. The molecule has 3 N–H and O–H groups in total. The number of hydrogen-bond acceptors (Lipinski definition) is 6. The van der Waals surface area contributed by atoms with Crippen molar-refractivity contribution in [3.63, 3.8) is 0 Å². The van der Waals surface area contributed by atoms with Gasteiger partial charge in [-0.25, -0.2) is 0 Å². The number of rotatable bonds is 6. The largest absolute Gasteiger partial charge is 0.388 e. The molecule has 144 valence electrons. The predicted molar refractivity (Wildman–Crippen MR) is 95.8 cm³/mol. The normalized spacial score (nSPS) is 29.1. The van der Waals surface area contributed by atoms with Crippen molar-refractivity contribution in [3.05, 3.63) is 34.9 Å². The Bertz CT molecular complexity index is 611. The molecule has 2 heterocycles. The summed E-state index contributed by atoms with van der Waals surface area (Å²) >= 11 is 5.96. The van der Waals surface area contributed by atoms with E-state index in [0.29, 0.717) is 44.4 Å². The Morgan fingerprint density at radius 1 is 1.23 bits per heavy atom. The molecule has 7 nitrogen and oxygen atoms in total. The molecule has 1 aromatic carbocycles. The molecule has 2 saturated heterocycles. The average molecular weight is 385 g/mol. The van der Waals surface area contributed by atoms with E-state index < -0.39 is 24.4 Å². The van der Waals surface area contributed by atoms with Crippen LogP contribution in [0.1, 0.15) is 12.0 Å². The first-order valence-electron chi connectivity index (χ1n) is 8.87. The van der Waals surface area contributed by atoms with Gasteiger partial charge in [0, 0.05) is 31.2 Å². The first-order valence-corrected chi connectivity index (χ1v) is 9.24. The fourth-order valence-electron chi connectivity index (χ4n) is 3.28. The quantitative estimate of drug-likeness (QED) is 0.647. The van der Waals surface area contributed by atoms with Gasteiger partial charge in [-0.2, -0.15) is 0 Å². The van der Waals surface area contributed by atoms with Gasteiger partial charge in [-0.1, -0.05) is 23.7 Å². The number of aliphatic hydroxyl groups is 2. The van der Waals surface area contributed by atoms with Gasteiger partial charge in [0.05, 0.1) is 31.8 Å². The van der Waals surface area contributed by atoms with Crippen LogP contribution in [-0.2, 0) is 20.8 Å². The first-order chi connectivity index (χ1) is 12.5. The molecule has 4 atom stereocenters. The number of ether oxygens (including phenoxy) is 2. The van der Waals surface area contributed by atoms with Crippen LogP contribution >= 0.6 is 11.6 Å². The van der Waals surface area contributed by atoms with Crippen molar-refractivity contribution >= 4 is 17.5 Å². The Hall–Kier alpha value is -1.22. The summed E-state index contributed by atoms with van der Waals surface area (Å²) < 4.78 is 11.0. The molecule has 0 unspecified atom stereocenters. The molecule has 1 amide bonds. The van der Waals surface area contributed by atoms with Crippen LogP contribution in [0.3, 0.4) is 0 Å². The minimum Gasteiger partial charge on any atom is -0.388 e. The van der Waals surface area contributed by atoms with Gasteiger partial charge in [0.2, 0.25) is 5.91 Å². The average Bonchev–Trinajstić information content (AvgIpc) is 2.90. The van der Waals surface area contributed by atoms with Crippen molar-refractivity contribution < 1.29 is 24.5 Å². The van der Waals surface area contributed by atoms with Crippen molar-refractivity contribution in [2.75, 3.05) is 32.8 Å². The van der Waals surface area contributed by atoms with Crippen LogP contribution in [0.2, 0.25) is 5.02 Å². The molecular formula is C18H25ClN2O5. The SMILES string of the molecule is O=C(C[C@@H]1O[C@@H](CNCc2cccc(Cl)c2)[C@@H](O)[C@H]1O)N1CCOCC1. The highest BCUT2D eigenvalue weighted by atomic mass is 35.5. The van der Waals surface area contributed by atoms with E-state index in [4.69, 9.17) is 21.1 Å². The minimum atomic E-state index is -1.07. The zero-order chi connectivity index (χ0) is 18.5. The van der Waals surface area contributed by atoms with E-state index in [1.165, 1.54) is 0 Å². The van der Waals surface area contributed by atoms with Crippen LogP contribution in [-0.4, -0.2) is 78.3 Å². The molecule has 2 fully saturated rings. The van der Waals surface area contributed by atoms with Crippen LogP contribution in [0, 0.1) is 0 Å². The number of nitrogens with one attached hydrogen (secondary N) is 1. The fourth-order valence-corrected chi connectivity index (χ4v) is 3.50. The fraction of sp³-hybridized carbons (Fsp3) is 0.611. The van der Waals surface area contributed by atoms with Gasteiger partial charge in [0.15, 0.2) is 0 Å². The second-order valence-electron chi connectivity index (χ2n) is 6.65. The third-order valence-corrected chi connectivity index (χ3v) is 5.00. The molecule has 0 bridgehead atoms. The summed E-state index contributed by atoms with van der Waals surface area (Å²) in [6.07, 6.45) is -3.30.